The molecule has 0 saturated carbocycles. The highest BCUT2D eigenvalue weighted by atomic mass is 15.0. The van der Waals surface area contributed by atoms with E-state index in [0.29, 0.717) is 5.56 Å². The second kappa shape index (κ2) is 11.7. The van der Waals surface area contributed by atoms with Crippen LogP contribution < -0.4 is 0 Å². The van der Waals surface area contributed by atoms with Crippen LogP contribution in [0.4, 0.5) is 0 Å². The molecular weight excluding hydrogens is 667 g/mol. The number of nitriles is 1. The number of para-hydroxylation sites is 2. The summed E-state index contributed by atoms with van der Waals surface area (Å²) in [5.74, 6) is 0. The van der Waals surface area contributed by atoms with E-state index in [4.69, 9.17) is 0 Å². The van der Waals surface area contributed by atoms with E-state index in [0.717, 1.165) is 16.8 Å². The molecule has 0 fully saturated rings. The molecule has 0 spiro atoms. The van der Waals surface area contributed by atoms with E-state index in [-0.39, 0.29) is 5.41 Å². The normalized spacial score (nSPS) is 13.0. The van der Waals surface area contributed by atoms with Gasteiger partial charge in [-0.1, -0.05) is 117 Å². The van der Waals surface area contributed by atoms with E-state index in [9.17, 15) is 5.26 Å². The molecule has 0 N–H and O–H groups in total. The third kappa shape index (κ3) is 4.62. The van der Waals surface area contributed by atoms with Crippen molar-refractivity contribution in [3.63, 3.8) is 0 Å². The third-order valence-electron chi connectivity index (χ3n) is 12.0. The van der Waals surface area contributed by atoms with E-state index >= 15 is 0 Å². The van der Waals surface area contributed by atoms with Crippen molar-refractivity contribution in [3.05, 3.63) is 193 Å². The predicted molar refractivity (Wildman–Crippen MR) is 228 cm³/mol. The number of fused-ring (bicyclic) bond motifs is 9. The summed E-state index contributed by atoms with van der Waals surface area (Å²) in [6.45, 7) is 4.68. The van der Waals surface area contributed by atoms with Gasteiger partial charge in [-0.2, -0.15) is 5.26 Å². The summed E-state index contributed by atoms with van der Waals surface area (Å²) in [7, 11) is 0. The van der Waals surface area contributed by atoms with Crippen LogP contribution in [0.1, 0.15) is 30.5 Å². The highest BCUT2D eigenvalue weighted by Crippen LogP contribution is 2.49. The average molecular weight is 702 g/mol. The molecule has 0 radical (unpaired) electrons. The van der Waals surface area contributed by atoms with Crippen molar-refractivity contribution in [1.82, 2.24) is 9.13 Å². The van der Waals surface area contributed by atoms with Gasteiger partial charge < -0.3 is 9.13 Å². The maximum Gasteiger partial charge on any atom is 0.0991 e. The van der Waals surface area contributed by atoms with Gasteiger partial charge in [0, 0.05) is 38.3 Å². The molecule has 0 unspecified atom stereocenters. The standard InChI is InChI=1S/C52H35N3/c1-52(2)46-15-6-3-12-40(46)43-31-39(24-25-47(43)52)55-49-17-8-5-14-42(49)45-30-37(23-27-51(45)55)36-22-26-50-44(29-36)41-13-4-7-16-48(41)54(50)38-11-9-10-35(28-38)34-20-18-33(32-53)19-21-34/h3-31H,1-2H3. The van der Waals surface area contributed by atoms with Gasteiger partial charge in [0.2, 0.25) is 0 Å². The van der Waals surface area contributed by atoms with Gasteiger partial charge in [0.1, 0.15) is 0 Å². The molecule has 3 nitrogen and oxygen atoms in total. The second-order valence-electron chi connectivity index (χ2n) is 15.3. The summed E-state index contributed by atoms with van der Waals surface area (Å²) in [6, 6.07) is 66.0. The summed E-state index contributed by atoms with van der Waals surface area (Å²) in [5.41, 5.74) is 17.7. The highest BCUT2D eigenvalue weighted by Gasteiger charge is 2.35. The molecule has 0 bridgehead atoms. The first-order valence-electron chi connectivity index (χ1n) is 18.9. The van der Waals surface area contributed by atoms with Crippen LogP contribution in [-0.4, -0.2) is 9.13 Å². The SMILES string of the molecule is CC1(C)c2ccccc2-c2cc(-n3c4ccccc4c4cc(-c5ccc6c(c5)c5ccccc5n6-c5cccc(-c6ccc(C#N)cc6)c5)ccc43)ccc21. The van der Waals surface area contributed by atoms with Crippen molar-refractivity contribution in [2.75, 3.05) is 0 Å². The molecule has 8 aromatic carbocycles. The van der Waals surface area contributed by atoms with Crippen LogP contribution in [0, 0.1) is 11.3 Å². The molecule has 2 heterocycles. The summed E-state index contributed by atoms with van der Waals surface area (Å²) >= 11 is 0. The summed E-state index contributed by atoms with van der Waals surface area (Å²) < 4.78 is 4.81. The van der Waals surface area contributed by atoms with Crippen molar-refractivity contribution in [1.29, 1.82) is 5.26 Å². The van der Waals surface area contributed by atoms with E-state index < -0.39 is 0 Å². The number of rotatable bonds is 4. The Morgan fingerprint density at radius 3 is 1.58 bits per heavy atom. The fraction of sp³-hybridized carbons (Fsp3) is 0.0577. The minimum atomic E-state index is -0.0240. The van der Waals surface area contributed by atoms with Crippen molar-refractivity contribution >= 4 is 43.6 Å². The van der Waals surface area contributed by atoms with Crippen LogP contribution in [0.2, 0.25) is 0 Å². The van der Waals surface area contributed by atoms with Gasteiger partial charge in [-0.3, -0.25) is 0 Å². The average Bonchev–Trinajstić information content (AvgIpc) is 3.83. The first-order chi connectivity index (χ1) is 27.0. The first-order valence-corrected chi connectivity index (χ1v) is 18.9. The zero-order chi connectivity index (χ0) is 36.8. The van der Waals surface area contributed by atoms with Crippen LogP contribution in [-0.2, 0) is 5.41 Å². The van der Waals surface area contributed by atoms with Gasteiger partial charge in [-0.15, -0.1) is 0 Å². The minimum absolute atomic E-state index is 0.0240. The Bertz CT molecular complexity index is 3240. The predicted octanol–water partition coefficient (Wildman–Crippen LogP) is 13.4. The number of benzene rings is 8. The smallest absolute Gasteiger partial charge is 0.0991 e. The van der Waals surface area contributed by atoms with Gasteiger partial charge >= 0.3 is 0 Å². The minimum Gasteiger partial charge on any atom is -0.309 e. The van der Waals surface area contributed by atoms with Crippen molar-refractivity contribution < 1.29 is 0 Å². The molecule has 1 aliphatic rings. The molecule has 0 saturated heterocycles. The van der Waals surface area contributed by atoms with Gasteiger partial charge in [-0.05, 0) is 117 Å². The lowest BCUT2D eigenvalue weighted by Gasteiger charge is -2.21. The zero-order valence-electron chi connectivity index (χ0n) is 30.6. The van der Waals surface area contributed by atoms with Crippen LogP contribution in [0.15, 0.2) is 176 Å². The Labute approximate surface area is 319 Å². The topological polar surface area (TPSA) is 33.6 Å². The summed E-state index contributed by atoms with van der Waals surface area (Å²) in [4.78, 5) is 0. The largest absolute Gasteiger partial charge is 0.309 e. The summed E-state index contributed by atoms with van der Waals surface area (Å²) in [6.07, 6.45) is 0. The molecule has 0 amide bonds. The third-order valence-corrected chi connectivity index (χ3v) is 12.0. The monoisotopic (exact) mass is 701 g/mol. The van der Waals surface area contributed by atoms with Crippen LogP contribution >= 0.6 is 0 Å². The maximum absolute atomic E-state index is 9.30. The van der Waals surface area contributed by atoms with E-state index in [1.54, 1.807) is 0 Å². The Morgan fingerprint density at radius 1 is 0.400 bits per heavy atom. The summed E-state index contributed by atoms with van der Waals surface area (Å²) in [5, 5.41) is 14.2. The zero-order valence-corrected chi connectivity index (χ0v) is 30.6. The second-order valence-corrected chi connectivity index (χ2v) is 15.3. The number of aromatic nitrogens is 2. The Hall–Kier alpha value is -7.15. The lowest BCUT2D eigenvalue weighted by molar-refractivity contribution is 0.660. The lowest BCUT2D eigenvalue weighted by atomic mass is 9.82. The van der Waals surface area contributed by atoms with Crippen molar-refractivity contribution in [2.45, 2.75) is 19.3 Å². The Morgan fingerprint density at radius 2 is 0.927 bits per heavy atom. The first kappa shape index (κ1) is 31.4. The van der Waals surface area contributed by atoms with Crippen molar-refractivity contribution in [3.8, 4) is 50.8 Å². The molecule has 1 aliphatic carbocycles. The van der Waals surface area contributed by atoms with E-state index in [1.165, 1.54) is 82.7 Å². The molecule has 2 aromatic heterocycles. The van der Waals surface area contributed by atoms with Gasteiger partial charge in [0.15, 0.2) is 0 Å². The molecule has 0 aliphatic heterocycles. The molecule has 258 valence electrons. The number of hydrogen-bond acceptors (Lipinski definition) is 1. The van der Waals surface area contributed by atoms with Crippen LogP contribution in [0.3, 0.4) is 0 Å². The van der Waals surface area contributed by atoms with E-state index in [2.05, 4.69) is 181 Å². The fourth-order valence-electron chi connectivity index (χ4n) is 9.27. The number of hydrogen-bond donors (Lipinski definition) is 0. The molecule has 10 aromatic rings. The lowest BCUT2D eigenvalue weighted by Crippen LogP contribution is -2.14. The van der Waals surface area contributed by atoms with Gasteiger partial charge in [-0.25, -0.2) is 0 Å². The van der Waals surface area contributed by atoms with Gasteiger partial charge in [0.25, 0.3) is 0 Å². The van der Waals surface area contributed by atoms with Crippen LogP contribution in [0.25, 0.3) is 88.4 Å². The Balaban J connectivity index is 1.05. The molecule has 55 heavy (non-hydrogen) atoms. The molecule has 3 heteroatoms. The quantitative estimate of drug-likeness (QED) is 0.180. The maximum atomic E-state index is 9.30. The van der Waals surface area contributed by atoms with Crippen molar-refractivity contribution in [2.24, 2.45) is 0 Å². The van der Waals surface area contributed by atoms with E-state index in [1.807, 2.05) is 24.3 Å². The fourth-order valence-corrected chi connectivity index (χ4v) is 9.27. The molecule has 0 atom stereocenters. The Kier molecular flexibility index (Phi) is 6.66. The molecule has 11 rings (SSSR count). The van der Waals surface area contributed by atoms with Crippen LogP contribution in [0.5, 0.6) is 0 Å². The van der Waals surface area contributed by atoms with Gasteiger partial charge in [0.05, 0.1) is 33.7 Å². The number of nitrogens with zero attached hydrogens (tertiary/aromatic N) is 3. The molecular formula is C52H35N3. The highest BCUT2D eigenvalue weighted by molar-refractivity contribution is 6.13.